The molecule has 1 rings (SSSR count). The van der Waals surface area contributed by atoms with Crippen LogP contribution in [0.1, 0.15) is 6.42 Å². The molecule has 0 amide bonds. The maximum atomic E-state index is 11.0. The molecule has 0 unspecified atom stereocenters. The Labute approximate surface area is 77.3 Å². The van der Waals surface area contributed by atoms with E-state index in [1.54, 1.807) is 0 Å². The van der Waals surface area contributed by atoms with Gasteiger partial charge >= 0.3 is 0 Å². The Hall–Kier alpha value is 0.530. The number of hydrogen-bond donors (Lipinski definition) is 0. The third-order valence-corrected chi connectivity index (χ3v) is 3.00. The molecule has 0 aromatic heterocycles. The highest BCUT2D eigenvalue weighted by molar-refractivity contribution is 9.09. The molecule has 1 aliphatic heterocycles. The van der Waals surface area contributed by atoms with E-state index < -0.39 is 0 Å². The number of carbonyl (C=O) groups excluding carboxylic acids is 1. The van der Waals surface area contributed by atoms with Crippen molar-refractivity contribution >= 4 is 45.1 Å². The van der Waals surface area contributed by atoms with Gasteiger partial charge in [-0.1, -0.05) is 45.4 Å². The molecular formula is C6H5BrClOS. The van der Waals surface area contributed by atoms with Crippen LogP contribution in [0.15, 0.2) is 10.4 Å². The fourth-order valence-electron chi connectivity index (χ4n) is 0.619. The summed E-state index contributed by atoms with van der Waals surface area (Å²) in [7, 11) is 0. The molecule has 55 valence electrons. The molecule has 0 saturated heterocycles. The summed E-state index contributed by atoms with van der Waals surface area (Å²) in [4.78, 5) is 11.0. The predicted octanol–water partition coefficient (Wildman–Crippen LogP) is 2.70. The maximum Gasteiger partial charge on any atom is 0.161 e. The van der Waals surface area contributed by atoms with Gasteiger partial charge in [-0.15, -0.1) is 0 Å². The number of carbonyl (C=O) groups is 1. The molecule has 1 heterocycles. The molecule has 1 aliphatic rings. The second-order valence-electron chi connectivity index (χ2n) is 1.79. The van der Waals surface area contributed by atoms with Crippen LogP contribution in [0.5, 0.6) is 0 Å². The van der Waals surface area contributed by atoms with Crippen molar-refractivity contribution in [2.24, 2.45) is 0 Å². The van der Waals surface area contributed by atoms with Gasteiger partial charge in [0, 0.05) is 0 Å². The summed E-state index contributed by atoms with van der Waals surface area (Å²) in [5.74, 6) is 0.136. The second-order valence-corrected chi connectivity index (χ2v) is 4.12. The second kappa shape index (κ2) is 3.79. The monoisotopic (exact) mass is 239 g/mol. The molecule has 0 aromatic carbocycles. The lowest BCUT2D eigenvalue weighted by Gasteiger charge is -2.01. The Balaban J connectivity index is 2.42. The molecule has 0 aromatic rings. The van der Waals surface area contributed by atoms with Crippen molar-refractivity contribution in [2.45, 2.75) is 6.42 Å². The van der Waals surface area contributed by atoms with Crippen molar-refractivity contribution in [2.75, 3.05) is 5.33 Å². The van der Waals surface area contributed by atoms with Crippen molar-refractivity contribution in [3.63, 3.8) is 0 Å². The standard InChI is InChI=1S/C6H5BrClOS/c7-3-4(9)5-1-2-6(8)10-5/h2H,1,3H2. The van der Waals surface area contributed by atoms with Gasteiger partial charge in [-0.2, -0.15) is 0 Å². The fraction of sp³-hybridized carbons (Fsp3) is 0.333. The minimum Gasteiger partial charge on any atom is -0.297 e. The molecule has 0 atom stereocenters. The van der Waals surface area contributed by atoms with Gasteiger partial charge in [0.2, 0.25) is 0 Å². The average molecular weight is 241 g/mol. The number of hydrogen-bond acceptors (Lipinski definition) is 2. The molecule has 0 fully saturated rings. The summed E-state index contributed by atoms with van der Waals surface area (Å²) in [5, 5.41) is 1.23. The topological polar surface area (TPSA) is 17.1 Å². The van der Waals surface area contributed by atoms with E-state index in [1.807, 2.05) is 6.08 Å². The van der Waals surface area contributed by atoms with Crippen LogP contribution in [0.3, 0.4) is 0 Å². The number of allylic oxidation sites excluding steroid dienone is 1. The van der Waals surface area contributed by atoms with Crippen molar-refractivity contribution < 1.29 is 4.79 Å². The molecule has 0 bridgehead atoms. The average Bonchev–Trinajstić information content (AvgIpc) is 2.34. The van der Waals surface area contributed by atoms with Crippen LogP contribution in [0, 0.1) is 5.25 Å². The third kappa shape index (κ3) is 2.01. The summed E-state index contributed by atoms with van der Waals surface area (Å²) < 4.78 is 0.712. The molecule has 0 N–H and O–H groups in total. The zero-order valence-corrected chi connectivity index (χ0v) is 8.22. The lowest BCUT2D eigenvalue weighted by Crippen LogP contribution is -2.06. The van der Waals surface area contributed by atoms with E-state index in [1.165, 1.54) is 11.8 Å². The van der Waals surface area contributed by atoms with E-state index in [4.69, 9.17) is 11.6 Å². The molecule has 4 heteroatoms. The molecule has 0 aliphatic carbocycles. The van der Waals surface area contributed by atoms with E-state index in [9.17, 15) is 4.79 Å². The first-order valence-corrected chi connectivity index (χ1v) is 5.04. The Bertz CT molecular complexity index is 181. The predicted molar refractivity (Wildman–Crippen MR) is 48.2 cm³/mol. The lowest BCUT2D eigenvalue weighted by atomic mass is 10.2. The number of thioether (sulfide) groups is 1. The molecule has 0 saturated carbocycles. The molecule has 0 spiro atoms. The van der Waals surface area contributed by atoms with Crippen LogP contribution in [-0.2, 0) is 4.79 Å². The minimum atomic E-state index is 0.136. The quantitative estimate of drug-likeness (QED) is 0.691. The lowest BCUT2D eigenvalue weighted by molar-refractivity contribution is -0.113. The number of ketones is 1. The fourth-order valence-corrected chi connectivity index (χ4v) is 2.25. The highest BCUT2D eigenvalue weighted by atomic mass is 79.9. The van der Waals surface area contributed by atoms with Crippen LogP contribution >= 0.6 is 39.3 Å². The van der Waals surface area contributed by atoms with Crippen molar-refractivity contribution in [1.29, 1.82) is 0 Å². The van der Waals surface area contributed by atoms with Crippen molar-refractivity contribution in [3.05, 3.63) is 15.7 Å². The summed E-state index contributed by atoms with van der Waals surface area (Å²) in [6, 6.07) is 0. The number of rotatable bonds is 2. The highest BCUT2D eigenvalue weighted by Crippen LogP contribution is 2.40. The van der Waals surface area contributed by atoms with E-state index in [2.05, 4.69) is 15.9 Å². The third-order valence-electron chi connectivity index (χ3n) is 1.10. The SMILES string of the molecule is O=C(CBr)[C]1CC=C(Cl)S1. The van der Waals surface area contributed by atoms with Gasteiger partial charge < -0.3 is 0 Å². The Kier molecular flexibility index (Phi) is 3.27. The Morgan fingerprint density at radius 1 is 1.90 bits per heavy atom. The summed E-state index contributed by atoms with van der Waals surface area (Å²) in [5.41, 5.74) is 0. The molecule has 1 nitrogen and oxygen atoms in total. The summed E-state index contributed by atoms with van der Waals surface area (Å²) in [6.45, 7) is 0. The molecule has 1 radical (unpaired) electrons. The zero-order valence-electron chi connectivity index (χ0n) is 5.06. The molecule has 10 heavy (non-hydrogen) atoms. The van der Waals surface area contributed by atoms with Crippen LogP contribution in [0.25, 0.3) is 0 Å². The first kappa shape index (κ1) is 8.62. The van der Waals surface area contributed by atoms with E-state index in [0.717, 1.165) is 5.25 Å². The number of alkyl halides is 1. The number of Topliss-reactive ketones (excluding diaryl/α,β-unsaturated/α-hetero) is 1. The first-order valence-electron chi connectivity index (χ1n) is 2.72. The first-order chi connectivity index (χ1) is 4.74. The smallest absolute Gasteiger partial charge is 0.161 e. The van der Waals surface area contributed by atoms with Gasteiger partial charge in [0.1, 0.15) is 5.25 Å². The number of halogens is 2. The highest BCUT2D eigenvalue weighted by Gasteiger charge is 2.23. The summed E-state index contributed by atoms with van der Waals surface area (Å²) in [6.07, 6.45) is 2.55. The van der Waals surface area contributed by atoms with Gasteiger partial charge in [-0.05, 0) is 6.42 Å². The van der Waals surface area contributed by atoms with Crippen LogP contribution in [0.4, 0.5) is 0 Å². The van der Waals surface area contributed by atoms with Gasteiger partial charge in [-0.25, -0.2) is 0 Å². The minimum absolute atomic E-state index is 0.136. The Morgan fingerprint density at radius 2 is 2.60 bits per heavy atom. The maximum absolute atomic E-state index is 11.0. The van der Waals surface area contributed by atoms with E-state index in [-0.39, 0.29) is 5.78 Å². The molecular weight excluding hydrogens is 235 g/mol. The normalized spacial score (nSPS) is 19.2. The summed E-state index contributed by atoms with van der Waals surface area (Å²) >= 11 is 10.1. The van der Waals surface area contributed by atoms with Crippen molar-refractivity contribution in [3.8, 4) is 0 Å². The van der Waals surface area contributed by atoms with E-state index in [0.29, 0.717) is 16.1 Å². The zero-order chi connectivity index (χ0) is 7.56. The van der Waals surface area contributed by atoms with Gasteiger partial charge in [0.05, 0.1) is 9.69 Å². The van der Waals surface area contributed by atoms with Crippen LogP contribution in [-0.4, -0.2) is 11.1 Å². The van der Waals surface area contributed by atoms with Gasteiger partial charge in [-0.3, -0.25) is 4.79 Å². The Morgan fingerprint density at radius 3 is 3.00 bits per heavy atom. The van der Waals surface area contributed by atoms with Crippen LogP contribution < -0.4 is 0 Å². The van der Waals surface area contributed by atoms with Gasteiger partial charge in [0.25, 0.3) is 0 Å². The van der Waals surface area contributed by atoms with Crippen molar-refractivity contribution in [1.82, 2.24) is 0 Å². The van der Waals surface area contributed by atoms with Crippen LogP contribution in [0.2, 0.25) is 0 Å². The largest absolute Gasteiger partial charge is 0.297 e. The van der Waals surface area contributed by atoms with Gasteiger partial charge in [0.15, 0.2) is 5.78 Å². The van der Waals surface area contributed by atoms with E-state index >= 15 is 0 Å².